The fourth-order valence-electron chi connectivity index (χ4n) is 2.57. The number of anilines is 1. The molecule has 1 amide bonds. The summed E-state index contributed by atoms with van der Waals surface area (Å²) in [6.07, 6.45) is 3.87. The van der Waals surface area contributed by atoms with Crippen LogP contribution in [0.25, 0.3) is 6.08 Å². The summed E-state index contributed by atoms with van der Waals surface area (Å²) in [7, 11) is -3.65. The molecule has 0 fully saturated rings. The van der Waals surface area contributed by atoms with E-state index in [0.29, 0.717) is 24.2 Å². The monoisotopic (exact) mass is 407 g/mol. The van der Waals surface area contributed by atoms with Crippen LogP contribution in [0, 0.1) is 0 Å². The van der Waals surface area contributed by atoms with Gasteiger partial charge in [-0.25, -0.2) is 8.42 Å². The van der Waals surface area contributed by atoms with Crippen molar-refractivity contribution < 1.29 is 13.2 Å². The Bertz CT molecular complexity index is 1070. The molecule has 0 saturated carbocycles. The number of nitrogens with zero attached hydrogens (tertiary/aromatic N) is 1. The third kappa shape index (κ3) is 6.58. The van der Waals surface area contributed by atoms with Gasteiger partial charge in [-0.2, -0.15) is 0 Å². The lowest BCUT2D eigenvalue weighted by molar-refractivity contribution is 0.0954. The summed E-state index contributed by atoms with van der Waals surface area (Å²) < 4.78 is 26.8. The van der Waals surface area contributed by atoms with E-state index in [-0.39, 0.29) is 5.91 Å². The second kappa shape index (κ2) is 9.66. The van der Waals surface area contributed by atoms with Crippen molar-refractivity contribution >= 4 is 27.7 Å². The summed E-state index contributed by atoms with van der Waals surface area (Å²) in [4.78, 5) is 16.4. The van der Waals surface area contributed by atoms with Crippen LogP contribution in [-0.2, 0) is 16.4 Å². The van der Waals surface area contributed by atoms with Gasteiger partial charge in [0, 0.05) is 36.1 Å². The van der Waals surface area contributed by atoms with Crippen molar-refractivity contribution in [2.45, 2.75) is 6.42 Å². The molecule has 3 rings (SSSR count). The quantitative estimate of drug-likeness (QED) is 0.598. The lowest BCUT2D eigenvalue weighted by Gasteiger charge is -2.07. The number of nitrogens with one attached hydrogen (secondary N) is 2. The standard InChI is InChI=1S/C22H21N3O3S/c26-22(24-16-13-20-8-4-5-15-23-20)19-9-11-21(12-10-19)25-29(27,28)17-14-18-6-2-1-3-7-18/h1-12,14-15,17,25H,13,16H2,(H,24,26)/b17-14+. The minimum Gasteiger partial charge on any atom is -0.352 e. The molecule has 29 heavy (non-hydrogen) atoms. The minimum absolute atomic E-state index is 0.223. The van der Waals surface area contributed by atoms with Crippen molar-refractivity contribution in [3.05, 3.63) is 101 Å². The molecule has 0 saturated heterocycles. The molecule has 0 atom stereocenters. The molecule has 3 aromatic rings. The average molecular weight is 407 g/mol. The van der Waals surface area contributed by atoms with Gasteiger partial charge in [0.1, 0.15) is 0 Å². The van der Waals surface area contributed by atoms with Crippen molar-refractivity contribution in [1.82, 2.24) is 10.3 Å². The highest BCUT2D eigenvalue weighted by molar-refractivity contribution is 7.95. The maximum absolute atomic E-state index is 12.2. The van der Waals surface area contributed by atoms with Crippen molar-refractivity contribution in [1.29, 1.82) is 0 Å². The number of pyridine rings is 1. The molecular formula is C22H21N3O3S. The van der Waals surface area contributed by atoms with Gasteiger partial charge in [0.05, 0.1) is 5.41 Å². The van der Waals surface area contributed by atoms with E-state index in [2.05, 4.69) is 15.0 Å². The van der Waals surface area contributed by atoms with Crippen LogP contribution in [0.2, 0.25) is 0 Å². The third-order valence-electron chi connectivity index (χ3n) is 4.04. The molecule has 2 N–H and O–H groups in total. The number of aromatic nitrogens is 1. The van der Waals surface area contributed by atoms with Gasteiger partial charge in [0.2, 0.25) is 0 Å². The second-order valence-electron chi connectivity index (χ2n) is 6.26. The first-order valence-electron chi connectivity index (χ1n) is 9.06. The first-order chi connectivity index (χ1) is 14.0. The molecule has 1 heterocycles. The lowest BCUT2D eigenvalue weighted by Crippen LogP contribution is -2.25. The number of carbonyl (C=O) groups is 1. The summed E-state index contributed by atoms with van der Waals surface area (Å²) in [6, 6.07) is 21.1. The Balaban J connectivity index is 1.53. The molecule has 6 nitrogen and oxygen atoms in total. The van der Waals surface area contributed by atoms with Crippen molar-refractivity contribution in [3.8, 4) is 0 Å². The molecule has 0 spiro atoms. The fraction of sp³-hybridized carbons (Fsp3) is 0.0909. The Labute approximate surface area is 170 Å². The predicted octanol–water partition coefficient (Wildman–Crippen LogP) is 3.47. The zero-order chi connectivity index (χ0) is 20.5. The Morgan fingerprint density at radius 2 is 1.66 bits per heavy atom. The average Bonchev–Trinajstić information content (AvgIpc) is 2.74. The van der Waals surface area contributed by atoms with Gasteiger partial charge < -0.3 is 5.32 Å². The van der Waals surface area contributed by atoms with Crippen LogP contribution in [0.1, 0.15) is 21.6 Å². The van der Waals surface area contributed by atoms with Crippen LogP contribution in [0.3, 0.4) is 0 Å². The maximum atomic E-state index is 12.2. The maximum Gasteiger partial charge on any atom is 0.255 e. The number of amides is 1. The van der Waals surface area contributed by atoms with E-state index in [1.54, 1.807) is 30.5 Å². The van der Waals surface area contributed by atoms with E-state index < -0.39 is 10.0 Å². The first-order valence-corrected chi connectivity index (χ1v) is 10.6. The lowest BCUT2D eigenvalue weighted by atomic mass is 10.2. The van der Waals surface area contributed by atoms with E-state index in [0.717, 1.165) is 16.7 Å². The number of rotatable bonds is 8. The Kier molecular flexibility index (Phi) is 6.76. The first kappa shape index (κ1) is 20.3. The molecule has 0 radical (unpaired) electrons. The highest BCUT2D eigenvalue weighted by Crippen LogP contribution is 2.13. The topological polar surface area (TPSA) is 88.2 Å². The Hall–Kier alpha value is -3.45. The normalized spacial score (nSPS) is 11.3. The highest BCUT2D eigenvalue weighted by atomic mass is 32.2. The number of carbonyl (C=O) groups excluding carboxylic acids is 1. The molecule has 2 aromatic carbocycles. The van der Waals surface area contributed by atoms with Crippen LogP contribution in [0.15, 0.2) is 84.4 Å². The van der Waals surface area contributed by atoms with Crippen LogP contribution < -0.4 is 10.0 Å². The Morgan fingerprint density at radius 1 is 0.931 bits per heavy atom. The van der Waals surface area contributed by atoms with Crippen LogP contribution in [-0.4, -0.2) is 25.9 Å². The van der Waals surface area contributed by atoms with Gasteiger partial charge in [0.25, 0.3) is 15.9 Å². The number of hydrogen-bond acceptors (Lipinski definition) is 4. The summed E-state index contributed by atoms with van der Waals surface area (Å²) in [5.41, 5.74) is 2.53. The van der Waals surface area contributed by atoms with Gasteiger partial charge in [-0.15, -0.1) is 0 Å². The molecule has 148 valence electrons. The number of hydrogen-bond donors (Lipinski definition) is 2. The number of sulfonamides is 1. The molecule has 0 aliphatic carbocycles. The summed E-state index contributed by atoms with van der Waals surface area (Å²) in [5.74, 6) is -0.223. The van der Waals surface area contributed by atoms with E-state index in [1.807, 2.05) is 48.5 Å². The smallest absolute Gasteiger partial charge is 0.255 e. The van der Waals surface area contributed by atoms with E-state index in [9.17, 15) is 13.2 Å². The van der Waals surface area contributed by atoms with Crippen LogP contribution in [0.5, 0.6) is 0 Å². The van der Waals surface area contributed by atoms with Gasteiger partial charge in [-0.1, -0.05) is 36.4 Å². The van der Waals surface area contributed by atoms with Gasteiger partial charge in [0.15, 0.2) is 0 Å². The molecule has 0 unspecified atom stereocenters. The van der Waals surface area contributed by atoms with E-state index in [1.165, 1.54) is 6.08 Å². The van der Waals surface area contributed by atoms with Crippen LogP contribution in [0.4, 0.5) is 5.69 Å². The van der Waals surface area contributed by atoms with Gasteiger partial charge in [-0.05, 0) is 48.0 Å². The molecular weight excluding hydrogens is 386 g/mol. The SMILES string of the molecule is O=C(NCCc1ccccn1)c1ccc(NS(=O)(=O)/C=C/c2ccccc2)cc1. The van der Waals surface area contributed by atoms with Crippen LogP contribution >= 0.6 is 0 Å². The fourth-order valence-corrected chi connectivity index (χ4v) is 3.44. The largest absolute Gasteiger partial charge is 0.352 e. The van der Waals surface area contributed by atoms with Crippen molar-refractivity contribution in [3.63, 3.8) is 0 Å². The highest BCUT2D eigenvalue weighted by Gasteiger charge is 2.08. The molecule has 0 aliphatic rings. The zero-order valence-corrected chi connectivity index (χ0v) is 16.5. The summed E-state index contributed by atoms with van der Waals surface area (Å²) in [6.45, 7) is 0.467. The minimum atomic E-state index is -3.65. The predicted molar refractivity (Wildman–Crippen MR) is 115 cm³/mol. The van der Waals surface area contributed by atoms with E-state index in [4.69, 9.17) is 0 Å². The zero-order valence-electron chi connectivity index (χ0n) is 15.7. The Morgan fingerprint density at radius 3 is 2.34 bits per heavy atom. The second-order valence-corrected chi connectivity index (χ2v) is 7.83. The molecule has 0 bridgehead atoms. The van der Waals surface area contributed by atoms with Gasteiger partial charge in [-0.3, -0.25) is 14.5 Å². The third-order valence-corrected chi connectivity index (χ3v) is 5.05. The van der Waals surface area contributed by atoms with Gasteiger partial charge >= 0.3 is 0 Å². The molecule has 0 aliphatic heterocycles. The van der Waals surface area contributed by atoms with Crippen molar-refractivity contribution in [2.24, 2.45) is 0 Å². The molecule has 7 heteroatoms. The molecule has 1 aromatic heterocycles. The van der Waals surface area contributed by atoms with Crippen molar-refractivity contribution in [2.75, 3.05) is 11.3 Å². The number of benzene rings is 2. The van der Waals surface area contributed by atoms with E-state index >= 15 is 0 Å². The summed E-state index contributed by atoms with van der Waals surface area (Å²) >= 11 is 0. The summed E-state index contributed by atoms with van der Waals surface area (Å²) in [5, 5.41) is 3.94.